The van der Waals surface area contributed by atoms with Crippen LogP contribution in [0, 0.1) is 0 Å². The summed E-state index contributed by atoms with van der Waals surface area (Å²) < 4.78 is 2.15. The molecule has 10 heteroatoms. The highest BCUT2D eigenvalue weighted by Gasteiger charge is 2.24. The van der Waals surface area contributed by atoms with Crippen LogP contribution in [0.4, 0.5) is 11.9 Å². The molecule has 0 aliphatic rings. The van der Waals surface area contributed by atoms with Crippen LogP contribution in [-0.4, -0.2) is 48.8 Å². The number of para-hydroxylation sites is 1. The summed E-state index contributed by atoms with van der Waals surface area (Å²) in [6, 6.07) is 10.3. The van der Waals surface area contributed by atoms with Crippen LogP contribution in [0.2, 0.25) is 0 Å². The van der Waals surface area contributed by atoms with Crippen molar-refractivity contribution in [3.63, 3.8) is 0 Å². The Morgan fingerprint density at radius 3 is 2.35 bits per heavy atom. The lowest BCUT2D eigenvalue weighted by atomic mass is 10.0. The lowest BCUT2D eigenvalue weighted by molar-refractivity contribution is 0.833. The summed E-state index contributed by atoms with van der Waals surface area (Å²) in [5.74, 6) is 2.07. The first-order valence-electron chi connectivity index (χ1n) is 11.2. The van der Waals surface area contributed by atoms with Gasteiger partial charge < -0.3 is 10.6 Å². The van der Waals surface area contributed by atoms with E-state index < -0.39 is 0 Å². The molecule has 2 N–H and O–H groups in total. The molecule has 0 aliphatic heterocycles. The smallest absolute Gasteiger partial charge is 0.229 e. The molecule has 176 valence electrons. The molecule has 1 atom stereocenters. The van der Waals surface area contributed by atoms with E-state index in [0.717, 1.165) is 35.1 Å². The zero-order valence-electron chi connectivity index (χ0n) is 20.1. The van der Waals surface area contributed by atoms with Gasteiger partial charge >= 0.3 is 0 Å². The topological polar surface area (TPSA) is 112 Å². The Morgan fingerprint density at radius 2 is 1.74 bits per heavy atom. The van der Waals surface area contributed by atoms with E-state index in [9.17, 15) is 0 Å². The molecule has 4 aromatic rings. The molecule has 0 saturated heterocycles. The number of benzene rings is 1. The summed E-state index contributed by atoms with van der Waals surface area (Å²) in [7, 11) is 3.75. The van der Waals surface area contributed by atoms with Gasteiger partial charge in [-0.15, -0.1) is 10.2 Å². The molecule has 0 fully saturated rings. The maximum atomic E-state index is 5.97. The second-order valence-electron chi connectivity index (χ2n) is 8.02. The first kappa shape index (κ1) is 23.6. The van der Waals surface area contributed by atoms with Crippen LogP contribution < -0.4 is 10.6 Å². The Balaban J connectivity index is 1.85. The number of hydrogen-bond acceptors (Lipinski definition) is 9. The van der Waals surface area contributed by atoms with E-state index in [1.54, 1.807) is 18.0 Å². The molecular formula is C24H29N9S. The number of hydrogen-bond donors (Lipinski definition) is 1. The minimum atomic E-state index is -0.132. The van der Waals surface area contributed by atoms with Gasteiger partial charge in [0.25, 0.3) is 0 Å². The number of rotatable bonds is 8. The average molecular weight is 476 g/mol. The van der Waals surface area contributed by atoms with Crippen molar-refractivity contribution < 1.29 is 0 Å². The maximum absolute atomic E-state index is 5.97. The number of nitrogens with two attached hydrogens (primary N) is 1. The van der Waals surface area contributed by atoms with E-state index >= 15 is 0 Å². The zero-order chi connectivity index (χ0) is 24.2. The van der Waals surface area contributed by atoms with E-state index in [4.69, 9.17) is 5.73 Å². The van der Waals surface area contributed by atoms with Crippen LogP contribution in [-0.2, 0) is 12.8 Å². The Kier molecular flexibility index (Phi) is 7.06. The van der Waals surface area contributed by atoms with E-state index in [-0.39, 0.29) is 11.2 Å². The molecule has 0 saturated carbocycles. The van der Waals surface area contributed by atoms with E-state index in [0.29, 0.717) is 11.8 Å². The summed E-state index contributed by atoms with van der Waals surface area (Å²) in [5, 5.41) is 9.82. The molecule has 0 bridgehead atoms. The van der Waals surface area contributed by atoms with Gasteiger partial charge in [-0.05, 0) is 43.0 Å². The number of anilines is 2. The first-order valence-corrected chi connectivity index (χ1v) is 12.1. The minimum absolute atomic E-state index is 0.132. The fraction of sp³-hybridized carbons (Fsp3) is 0.333. The van der Waals surface area contributed by atoms with Crippen LogP contribution in [0.1, 0.15) is 43.0 Å². The summed E-state index contributed by atoms with van der Waals surface area (Å²) in [5.41, 5.74) is 10.5. The molecule has 0 aliphatic carbocycles. The van der Waals surface area contributed by atoms with Crippen molar-refractivity contribution in [1.82, 2.24) is 34.7 Å². The van der Waals surface area contributed by atoms with Gasteiger partial charge in [-0.2, -0.15) is 15.0 Å². The molecule has 0 radical (unpaired) electrons. The highest BCUT2D eigenvalue weighted by Crippen LogP contribution is 2.38. The largest absolute Gasteiger partial charge is 0.368 e. The summed E-state index contributed by atoms with van der Waals surface area (Å²) in [6.45, 7) is 6.37. The lowest BCUT2D eigenvalue weighted by Gasteiger charge is -2.19. The Labute approximate surface area is 203 Å². The van der Waals surface area contributed by atoms with Gasteiger partial charge in [0.05, 0.1) is 10.9 Å². The molecule has 9 nitrogen and oxygen atoms in total. The molecule has 3 aromatic heterocycles. The fourth-order valence-corrected chi connectivity index (χ4v) is 4.62. The van der Waals surface area contributed by atoms with E-state index in [1.807, 2.05) is 44.2 Å². The quantitative estimate of drug-likeness (QED) is 0.376. The molecule has 0 amide bonds. The third-order valence-corrected chi connectivity index (χ3v) is 6.49. The van der Waals surface area contributed by atoms with Crippen LogP contribution in [0.3, 0.4) is 0 Å². The van der Waals surface area contributed by atoms with Crippen molar-refractivity contribution in [2.24, 2.45) is 0 Å². The van der Waals surface area contributed by atoms with Gasteiger partial charge in [0.1, 0.15) is 5.82 Å². The zero-order valence-corrected chi connectivity index (χ0v) is 20.9. The fourth-order valence-electron chi connectivity index (χ4n) is 3.72. The first-order chi connectivity index (χ1) is 16.4. The number of nitrogen functional groups attached to an aromatic ring is 1. The number of nitrogens with zero attached hydrogens (tertiary/aromatic N) is 8. The van der Waals surface area contributed by atoms with Gasteiger partial charge in [0.15, 0.2) is 11.0 Å². The Hall–Kier alpha value is -3.53. The maximum Gasteiger partial charge on any atom is 0.229 e. The predicted molar refractivity (Wildman–Crippen MR) is 136 cm³/mol. The van der Waals surface area contributed by atoms with Crippen molar-refractivity contribution in [2.45, 2.75) is 44.0 Å². The minimum Gasteiger partial charge on any atom is -0.368 e. The molecule has 34 heavy (non-hydrogen) atoms. The van der Waals surface area contributed by atoms with Crippen molar-refractivity contribution >= 4 is 23.7 Å². The van der Waals surface area contributed by atoms with Crippen LogP contribution >= 0.6 is 11.8 Å². The average Bonchev–Trinajstić information content (AvgIpc) is 3.26. The standard InChI is InChI=1S/C24H29N9S/c1-6-16-10-8-11-17(7-2)19(16)33-21(18-12-9-13-26-14-18)30-31-24(33)34-15(3)20-27-22(25)29-23(28-20)32(4)5/h8-15H,6-7H2,1-5H3,(H2,25,27,28,29). The third-order valence-electron chi connectivity index (χ3n) is 5.45. The lowest BCUT2D eigenvalue weighted by Crippen LogP contribution is -2.16. The number of aromatic nitrogens is 7. The molecule has 0 spiro atoms. The highest BCUT2D eigenvalue weighted by molar-refractivity contribution is 7.99. The van der Waals surface area contributed by atoms with Gasteiger partial charge in [0, 0.05) is 32.1 Å². The van der Waals surface area contributed by atoms with Crippen molar-refractivity contribution in [2.75, 3.05) is 24.7 Å². The number of thioether (sulfide) groups is 1. The SMILES string of the molecule is CCc1cccc(CC)c1-n1c(SC(C)c2nc(N)nc(N(C)C)n2)nnc1-c1cccnc1. The Morgan fingerprint density at radius 1 is 1.00 bits per heavy atom. The molecule has 1 unspecified atom stereocenters. The third kappa shape index (κ3) is 4.72. The Bertz CT molecular complexity index is 1250. The normalized spacial score (nSPS) is 12.0. The van der Waals surface area contributed by atoms with Crippen molar-refractivity contribution in [3.05, 3.63) is 59.7 Å². The van der Waals surface area contributed by atoms with Gasteiger partial charge in [-0.1, -0.05) is 43.8 Å². The van der Waals surface area contributed by atoms with E-state index in [1.165, 1.54) is 11.1 Å². The summed E-state index contributed by atoms with van der Waals surface area (Å²) in [6.07, 6.45) is 5.36. The summed E-state index contributed by atoms with van der Waals surface area (Å²) >= 11 is 1.54. The van der Waals surface area contributed by atoms with Gasteiger partial charge in [-0.25, -0.2) is 0 Å². The molecule has 4 rings (SSSR count). The van der Waals surface area contributed by atoms with Crippen molar-refractivity contribution in [3.8, 4) is 17.1 Å². The highest BCUT2D eigenvalue weighted by atomic mass is 32.2. The van der Waals surface area contributed by atoms with Crippen LogP contribution in [0.25, 0.3) is 17.1 Å². The van der Waals surface area contributed by atoms with Crippen molar-refractivity contribution in [1.29, 1.82) is 0 Å². The second-order valence-corrected chi connectivity index (χ2v) is 9.33. The van der Waals surface area contributed by atoms with E-state index in [2.05, 4.69) is 66.7 Å². The number of aryl methyl sites for hydroxylation is 2. The molecule has 1 aromatic carbocycles. The molecule has 3 heterocycles. The van der Waals surface area contributed by atoms with Crippen LogP contribution in [0.15, 0.2) is 47.9 Å². The monoisotopic (exact) mass is 475 g/mol. The predicted octanol–water partition coefficient (Wildman–Crippen LogP) is 4.14. The second kappa shape index (κ2) is 10.2. The van der Waals surface area contributed by atoms with Gasteiger partial charge in [0.2, 0.25) is 11.9 Å². The number of pyridine rings is 1. The summed E-state index contributed by atoms with van der Waals surface area (Å²) in [4.78, 5) is 19.3. The molecular weight excluding hydrogens is 446 g/mol. The van der Waals surface area contributed by atoms with Gasteiger partial charge in [-0.3, -0.25) is 9.55 Å². The van der Waals surface area contributed by atoms with Crippen LogP contribution in [0.5, 0.6) is 0 Å².